The second-order valence-corrected chi connectivity index (χ2v) is 3.76. The Bertz CT molecular complexity index is 590. The van der Waals surface area contributed by atoms with Gasteiger partial charge in [-0.2, -0.15) is 0 Å². The second-order valence-electron chi connectivity index (χ2n) is 3.76. The molecule has 0 aromatic heterocycles. The van der Waals surface area contributed by atoms with Crippen molar-refractivity contribution in [1.29, 1.82) is 0 Å². The Labute approximate surface area is 107 Å². The highest BCUT2D eigenvalue weighted by molar-refractivity contribution is 5.82. The highest BCUT2D eigenvalue weighted by Gasteiger charge is 2.11. The van der Waals surface area contributed by atoms with Gasteiger partial charge in [-0.25, -0.2) is 9.69 Å². The van der Waals surface area contributed by atoms with Gasteiger partial charge < -0.3 is 4.90 Å². The first-order chi connectivity index (χ1) is 8.77. The summed E-state index contributed by atoms with van der Waals surface area (Å²) in [6, 6.07) is 14.8. The Balaban J connectivity index is 2.53. The van der Waals surface area contributed by atoms with Crippen molar-refractivity contribution in [2.24, 2.45) is 0 Å². The third-order valence-corrected chi connectivity index (χ3v) is 2.73. The van der Waals surface area contributed by atoms with Crippen molar-refractivity contribution >= 4 is 22.7 Å². The van der Waals surface area contributed by atoms with Crippen LogP contribution in [0.15, 0.2) is 48.5 Å². The lowest BCUT2D eigenvalue weighted by Gasteiger charge is -2.22. The van der Waals surface area contributed by atoms with Crippen LogP contribution in [0.2, 0.25) is 0 Å². The van der Waals surface area contributed by atoms with Crippen LogP contribution in [0.25, 0.3) is 9.69 Å². The van der Waals surface area contributed by atoms with Gasteiger partial charge in [-0.1, -0.05) is 36.4 Å². The van der Waals surface area contributed by atoms with E-state index >= 15 is 0 Å². The van der Waals surface area contributed by atoms with E-state index in [1.807, 2.05) is 48.3 Å². The average molecular weight is 233 g/mol. The van der Waals surface area contributed by atoms with Crippen LogP contribution in [0.1, 0.15) is 0 Å². The fourth-order valence-electron chi connectivity index (χ4n) is 1.81. The maximum atomic E-state index is 7.18. The van der Waals surface area contributed by atoms with Gasteiger partial charge in [-0.05, 0) is 12.1 Å². The zero-order valence-electron chi connectivity index (χ0n) is 9.96. The minimum Gasteiger partial charge on any atom is -0.364 e. The SMILES string of the molecule is [C-]#[N+]c1ccccc1N(C)c1ccccc1[N+]#[C-]. The maximum Gasteiger partial charge on any atom is 0.210 e. The number of para-hydroxylation sites is 4. The predicted molar refractivity (Wildman–Crippen MR) is 73.5 cm³/mol. The first-order valence-corrected chi connectivity index (χ1v) is 5.44. The lowest BCUT2D eigenvalue weighted by Crippen LogP contribution is -2.09. The molecule has 2 rings (SSSR count). The minimum atomic E-state index is 0.583. The summed E-state index contributed by atoms with van der Waals surface area (Å²) in [4.78, 5) is 8.88. The van der Waals surface area contributed by atoms with E-state index < -0.39 is 0 Å². The van der Waals surface area contributed by atoms with Crippen LogP contribution >= 0.6 is 0 Å². The third kappa shape index (κ3) is 2.03. The van der Waals surface area contributed by atoms with Crippen molar-refractivity contribution in [2.75, 3.05) is 11.9 Å². The summed E-state index contributed by atoms with van der Waals surface area (Å²) < 4.78 is 0. The predicted octanol–water partition coefficient (Wildman–Crippen LogP) is 4.56. The minimum absolute atomic E-state index is 0.583. The molecule has 0 aliphatic rings. The Hall–Kier alpha value is -2.78. The molecule has 0 radical (unpaired) electrons. The first kappa shape index (κ1) is 11.7. The molecular formula is C15H11N3. The molecule has 3 nitrogen and oxygen atoms in total. The Morgan fingerprint density at radius 2 is 1.17 bits per heavy atom. The van der Waals surface area contributed by atoms with E-state index in [0.29, 0.717) is 11.4 Å². The summed E-state index contributed by atoms with van der Waals surface area (Å²) in [5.74, 6) is 0. The summed E-state index contributed by atoms with van der Waals surface area (Å²) in [6.07, 6.45) is 0. The fourth-order valence-corrected chi connectivity index (χ4v) is 1.81. The molecule has 0 heterocycles. The van der Waals surface area contributed by atoms with Gasteiger partial charge >= 0.3 is 0 Å². The molecular weight excluding hydrogens is 222 g/mol. The summed E-state index contributed by atoms with van der Waals surface area (Å²) in [7, 11) is 1.87. The molecule has 86 valence electrons. The van der Waals surface area contributed by atoms with Crippen LogP contribution in [-0.4, -0.2) is 7.05 Å². The Morgan fingerprint density at radius 3 is 1.56 bits per heavy atom. The van der Waals surface area contributed by atoms with Gasteiger partial charge in [0, 0.05) is 18.4 Å². The maximum absolute atomic E-state index is 7.18. The van der Waals surface area contributed by atoms with Gasteiger partial charge in [-0.15, -0.1) is 0 Å². The van der Waals surface area contributed by atoms with E-state index in [9.17, 15) is 0 Å². The average Bonchev–Trinajstić information content (AvgIpc) is 2.46. The summed E-state index contributed by atoms with van der Waals surface area (Å²) in [6.45, 7) is 14.4. The topological polar surface area (TPSA) is 12.0 Å². The highest BCUT2D eigenvalue weighted by Crippen LogP contribution is 2.37. The van der Waals surface area contributed by atoms with Crippen molar-refractivity contribution in [3.8, 4) is 0 Å². The van der Waals surface area contributed by atoms with Crippen molar-refractivity contribution < 1.29 is 0 Å². The van der Waals surface area contributed by atoms with E-state index in [4.69, 9.17) is 13.1 Å². The standard InChI is InChI=1S/C15H11N3/c1-16-12-8-4-6-10-14(12)18(3)15-11-7-5-9-13(15)17-2/h4-11H,3H3. The van der Waals surface area contributed by atoms with Crippen molar-refractivity contribution in [3.05, 3.63) is 71.4 Å². The summed E-state index contributed by atoms with van der Waals surface area (Å²) >= 11 is 0. The number of benzene rings is 2. The van der Waals surface area contributed by atoms with E-state index in [1.54, 1.807) is 12.1 Å². The molecule has 0 N–H and O–H groups in total. The van der Waals surface area contributed by atoms with Gasteiger partial charge in [0.2, 0.25) is 11.4 Å². The van der Waals surface area contributed by atoms with E-state index in [-0.39, 0.29) is 0 Å². The van der Waals surface area contributed by atoms with E-state index in [2.05, 4.69) is 9.69 Å². The molecule has 0 fully saturated rings. The smallest absolute Gasteiger partial charge is 0.210 e. The molecule has 0 bridgehead atoms. The lowest BCUT2D eigenvalue weighted by molar-refractivity contribution is 1.22. The quantitative estimate of drug-likeness (QED) is 0.692. The Morgan fingerprint density at radius 1 is 0.778 bits per heavy atom. The zero-order valence-corrected chi connectivity index (χ0v) is 9.96. The molecule has 0 aliphatic heterocycles. The van der Waals surface area contributed by atoms with E-state index in [0.717, 1.165) is 11.4 Å². The van der Waals surface area contributed by atoms with E-state index in [1.165, 1.54) is 0 Å². The highest BCUT2D eigenvalue weighted by atomic mass is 15.1. The van der Waals surface area contributed by atoms with Crippen LogP contribution < -0.4 is 4.90 Å². The molecule has 0 saturated carbocycles. The van der Waals surface area contributed by atoms with Crippen LogP contribution in [0, 0.1) is 13.1 Å². The van der Waals surface area contributed by atoms with Crippen molar-refractivity contribution in [1.82, 2.24) is 0 Å². The van der Waals surface area contributed by atoms with Crippen LogP contribution in [0.4, 0.5) is 22.7 Å². The van der Waals surface area contributed by atoms with Gasteiger partial charge in [-0.3, -0.25) is 0 Å². The van der Waals surface area contributed by atoms with Gasteiger partial charge in [0.05, 0.1) is 13.1 Å². The number of hydrogen-bond acceptors (Lipinski definition) is 1. The second kappa shape index (κ2) is 5.03. The number of nitrogens with zero attached hydrogens (tertiary/aromatic N) is 3. The summed E-state index contributed by atoms with van der Waals surface area (Å²) in [5, 5.41) is 0. The van der Waals surface area contributed by atoms with Gasteiger partial charge in [0.1, 0.15) is 0 Å². The zero-order chi connectivity index (χ0) is 13.0. The molecule has 0 amide bonds. The van der Waals surface area contributed by atoms with Crippen LogP contribution in [-0.2, 0) is 0 Å². The molecule has 0 unspecified atom stereocenters. The fraction of sp³-hybridized carbons (Fsp3) is 0.0667. The number of hydrogen-bond donors (Lipinski definition) is 0. The molecule has 0 aliphatic carbocycles. The van der Waals surface area contributed by atoms with Crippen molar-refractivity contribution in [2.45, 2.75) is 0 Å². The summed E-state index contributed by atoms with van der Waals surface area (Å²) in [5.41, 5.74) is 2.78. The largest absolute Gasteiger partial charge is 0.364 e. The lowest BCUT2D eigenvalue weighted by atomic mass is 10.2. The molecule has 2 aromatic rings. The number of rotatable bonds is 2. The monoisotopic (exact) mass is 233 g/mol. The molecule has 0 atom stereocenters. The molecule has 0 spiro atoms. The van der Waals surface area contributed by atoms with Crippen molar-refractivity contribution in [3.63, 3.8) is 0 Å². The normalized spacial score (nSPS) is 9.28. The van der Waals surface area contributed by atoms with Gasteiger partial charge in [0.15, 0.2) is 0 Å². The first-order valence-electron chi connectivity index (χ1n) is 5.44. The Kier molecular flexibility index (Phi) is 3.27. The third-order valence-electron chi connectivity index (χ3n) is 2.73. The molecule has 0 saturated heterocycles. The molecule has 2 aromatic carbocycles. The molecule has 3 heteroatoms. The number of anilines is 2. The van der Waals surface area contributed by atoms with Crippen LogP contribution in [0.5, 0.6) is 0 Å². The molecule has 18 heavy (non-hydrogen) atoms. The van der Waals surface area contributed by atoms with Gasteiger partial charge in [0.25, 0.3) is 0 Å². The van der Waals surface area contributed by atoms with Crippen LogP contribution in [0.3, 0.4) is 0 Å².